The monoisotopic (exact) mass is 277 g/mol. The fourth-order valence-corrected chi connectivity index (χ4v) is 3.04. The molecular weight excluding hydrogens is 262 g/mol. The van der Waals surface area contributed by atoms with Crippen LogP contribution in [0.15, 0.2) is 35.2 Å². The highest BCUT2D eigenvalue weighted by Gasteiger charge is 2.05. The van der Waals surface area contributed by atoms with Gasteiger partial charge in [0, 0.05) is 11.4 Å². The summed E-state index contributed by atoms with van der Waals surface area (Å²) in [6.45, 7) is 7.87. The minimum Gasteiger partial charge on any atom is -0.330 e. The highest BCUT2D eigenvalue weighted by Crippen LogP contribution is 2.28. The van der Waals surface area contributed by atoms with Crippen LogP contribution in [0.2, 0.25) is 0 Å². The van der Waals surface area contributed by atoms with Gasteiger partial charge in [-0.05, 0) is 25.5 Å². The second-order valence-corrected chi connectivity index (χ2v) is 6.16. The van der Waals surface area contributed by atoms with Gasteiger partial charge >= 0.3 is 0 Å². The maximum atomic E-state index is 4.13. The Labute approximate surface area is 115 Å². The largest absolute Gasteiger partial charge is 0.330 e. The van der Waals surface area contributed by atoms with E-state index in [0.29, 0.717) is 0 Å². The zero-order chi connectivity index (χ0) is 13.0. The van der Waals surface area contributed by atoms with Crippen LogP contribution < -0.4 is 5.32 Å². The quantitative estimate of drug-likeness (QED) is 0.657. The zero-order valence-electron chi connectivity index (χ0n) is 10.4. The predicted molar refractivity (Wildman–Crippen MR) is 80.0 cm³/mol. The number of rotatable bonds is 5. The summed E-state index contributed by atoms with van der Waals surface area (Å²) in [5, 5.41) is 12.4. The van der Waals surface area contributed by atoms with Crippen molar-refractivity contribution in [1.82, 2.24) is 10.2 Å². The first-order chi connectivity index (χ1) is 8.69. The highest BCUT2D eigenvalue weighted by molar-refractivity contribution is 8.01. The van der Waals surface area contributed by atoms with E-state index >= 15 is 0 Å². The Bertz CT molecular complexity index is 549. The van der Waals surface area contributed by atoms with Gasteiger partial charge in [-0.1, -0.05) is 46.9 Å². The Morgan fingerprint density at radius 2 is 2.22 bits per heavy atom. The van der Waals surface area contributed by atoms with Crippen molar-refractivity contribution < 1.29 is 0 Å². The number of aryl methyl sites for hydroxylation is 2. The van der Waals surface area contributed by atoms with Gasteiger partial charge in [0.2, 0.25) is 5.13 Å². The van der Waals surface area contributed by atoms with E-state index in [2.05, 4.69) is 54.1 Å². The average molecular weight is 277 g/mol. The fraction of sp³-hybridized carbons (Fsp3) is 0.231. The van der Waals surface area contributed by atoms with E-state index in [1.807, 2.05) is 6.08 Å². The number of hydrogen-bond acceptors (Lipinski definition) is 5. The van der Waals surface area contributed by atoms with E-state index in [1.54, 1.807) is 23.1 Å². The predicted octanol–water partition coefficient (Wildman–Crippen LogP) is 4.18. The maximum absolute atomic E-state index is 4.13. The topological polar surface area (TPSA) is 37.8 Å². The van der Waals surface area contributed by atoms with Crippen molar-refractivity contribution in [3.05, 3.63) is 42.0 Å². The van der Waals surface area contributed by atoms with Crippen molar-refractivity contribution in [2.24, 2.45) is 0 Å². The molecule has 0 fully saturated rings. The molecular formula is C13H15N3S2. The third kappa shape index (κ3) is 3.34. The molecule has 1 N–H and O–H groups in total. The Kier molecular flexibility index (Phi) is 4.38. The molecule has 0 radical (unpaired) electrons. The number of thioether (sulfide) groups is 1. The van der Waals surface area contributed by atoms with E-state index in [-0.39, 0.29) is 0 Å². The number of nitrogens with one attached hydrogen (secondary N) is 1. The van der Waals surface area contributed by atoms with Gasteiger partial charge in [0.05, 0.1) is 0 Å². The molecule has 0 aliphatic carbocycles. The molecule has 1 aromatic carbocycles. The Morgan fingerprint density at radius 1 is 1.39 bits per heavy atom. The lowest BCUT2D eigenvalue weighted by Gasteiger charge is -2.06. The van der Waals surface area contributed by atoms with Gasteiger partial charge in [-0.15, -0.1) is 16.8 Å². The maximum Gasteiger partial charge on any atom is 0.210 e. The Balaban J connectivity index is 2.08. The molecule has 0 amide bonds. The van der Waals surface area contributed by atoms with Crippen molar-refractivity contribution in [3.63, 3.8) is 0 Å². The van der Waals surface area contributed by atoms with Crippen molar-refractivity contribution >= 4 is 33.9 Å². The summed E-state index contributed by atoms with van der Waals surface area (Å²) in [5.74, 6) is 0.859. The summed E-state index contributed by atoms with van der Waals surface area (Å²) in [6, 6.07) is 6.31. The summed E-state index contributed by atoms with van der Waals surface area (Å²) < 4.78 is 0.960. The molecule has 0 saturated carbocycles. The lowest BCUT2D eigenvalue weighted by molar-refractivity contribution is 1.01. The molecule has 2 aromatic rings. The number of benzene rings is 1. The number of anilines is 2. The van der Waals surface area contributed by atoms with Crippen LogP contribution in [0.25, 0.3) is 0 Å². The lowest BCUT2D eigenvalue weighted by atomic mass is 10.1. The molecule has 0 aliphatic rings. The zero-order valence-corrected chi connectivity index (χ0v) is 12.1. The van der Waals surface area contributed by atoms with Crippen molar-refractivity contribution in [2.45, 2.75) is 18.2 Å². The van der Waals surface area contributed by atoms with Crippen LogP contribution in [0.5, 0.6) is 0 Å². The molecule has 18 heavy (non-hydrogen) atoms. The lowest BCUT2D eigenvalue weighted by Crippen LogP contribution is -1.92. The van der Waals surface area contributed by atoms with Crippen molar-refractivity contribution in [2.75, 3.05) is 11.1 Å². The van der Waals surface area contributed by atoms with E-state index < -0.39 is 0 Å². The van der Waals surface area contributed by atoms with Gasteiger partial charge in [0.1, 0.15) is 0 Å². The molecule has 5 heteroatoms. The van der Waals surface area contributed by atoms with Crippen LogP contribution in [0.4, 0.5) is 10.8 Å². The molecule has 0 bridgehead atoms. The van der Waals surface area contributed by atoms with Gasteiger partial charge < -0.3 is 5.32 Å². The van der Waals surface area contributed by atoms with E-state index in [0.717, 1.165) is 20.9 Å². The van der Waals surface area contributed by atoms with E-state index in [9.17, 15) is 0 Å². The molecule has 1 aromatic heterocycles. The van der Waals surface area contributed by atoms with Gasteiger partial charge in [-0.25, -0.2) is 0 Å². The number of nitrogens with zero attached hydrogens (tertiary/aromatic N) is 2. The minimum atomic E-state index is 0.827. The summed E-state index contributed by atoms with van der Waals surface area (Å²) in [4.78, 5) is 0. The second kappa shape index (κ2) is 6.02. The van der Waals surface area contributed by atoms with Crippen LogP contribution in [0.1, 0.15) is 11.1 Å². The minimum absolute atomic E-state index is 0.827. The Hall–Kier alpha value is -1.33. The molecule has 2 rings (SSSR count). The molecule has 3 nitrogen and oxygen atoms in total. The molecule has 0 unspecified atom stereocenters. The van der Waals surface area contributed by atoms with Crippen LogP contribution in [-0.2, 0) is 0 Å². The molecule has 0 spiro atoms. The van der Waals surface area contributed by atoms with E-state index in [1.165, 1.54) is 11.1 Å². The summed E-state index contributed by atoms with van der Waals surface area (Å²) in [7, 11) is 0. The molecule has 0 aliphatic heterocycles. The third-order valence-corrected chi connectivity index (χ3v) is 4.32. The van der Waals surface area contributed by atoms with Crippen LogP contribution in [-0.4, -0.2) is 16.0 Å². The number of aromatic nitrogens is 2. The normalized spacial score (nSPS) is 10.3. The molecule has 0 atom stereocenters. The number of hydrogen-bond donors (Lipinski definition) is 1. The van der Waals surface area contributed by atoms with Gasteiger partial charge in [0.25, 0.3) is 0 Å². The standard InChI is InChI=1S/C13H15N3S2/c1-4-7-17-13-16-15-12(18-13)14-11-6-5-9(2)8-10(11)3/h4-6,8H,1,7H2,2-3H3,(H,14,15). The summed E-state index contributed by atoms with van der Waals surface area (Å²) in [5.41, 5.74) is 3.56. The first kappa shape index (κ1) is 13.1. The second-order valence-electron chi connectivity index (χ2n) is 3.92. The average Bonchev–Trinajstić information content (AvgIpc) is 2.78. The van der Waals surface area contributed by atoms with Crippen LogP contribution in [0, 0.1) is 13.8 Å². The van der Waals surface area contributed by atoms with Gasteiger partial charge in [-0.3, -0.25) is 0 Å². The first-order valence-electron chi connectivity index (χ1n) is 5.60. The van der Waals surface area contributed by atoms with Crippen LogP contribution in [0.3, 0.4) is 0 Å². The third-order valence-electron chi connectivity index (χ3n) is 2.35. The molecule has 1 heterocycles. The molecule has 94 valence electrons. The van der Waals surface area contributed by atoms with Crippen LogP contribution >= 0.6 is 23.1 Å². The van der Waals surface area contributed by atoms with E-state index in [4.69, 9.17) is 0 Å². The molecule has 0 saturated heterocycles. The van der Waals surface area contributed by atoms with Crippen molar-refractivity contribution in [1.29, 1.82) is 0 Å². The fourth-order valence-electron chi connectivity index (χ4n) is 1.52. The highest BCUT2D eigenvalue weighted by atomic mass is 32.2. The van der Waals surface area contributed by atoms with Gasteiger partial charge in [0.15, 0.2) is 4.34 Å². The van der Waals surface area contributed by atoms with Crippen molar-refractivity contribution in [3.8, 4) is 0 Å². The summed E-state index contributed by atoms with van der Waals surface area (Å²) >= 11 is 3.21. The first-order valence-corrected chi connectivity index (χ1v) is 7.40. The Morgan fingerprint density at radius 3 is 2.94 bits per heavy atom. The SMILES string of the molecule is C=CCSc1nnc(Nc2ccc(C)cc2C)s1. The van der Waals surface area contributed by atoms with Gasteiger partial charge in [-0.2, -0.15) is 0 Å². The smallest absolute Gasteiger partial charge is 0.210 e. The summed E-state index contributed by atoms with van der Waals surface area (Å²) in [6.07, 6.45) is 1.86.